The highest BCUT2D eigenvalue weighted by atomic mass is 16.5. The molecule has 26 heavy (non-hydrogen) atoms. The second-order valence-corrected chi connectivity index (χ2v) is 7.00. The van der Waals surface area contributed by atoms with Gasteiger partial charge in [0.15, 0.2) is 0 Å². The number of carbonyl (C=O) groups is 1. The van der Waals surface area contributed by atoms with Gasteiger partial charge in [0.25, 0.3) is 5.91 Å². The summed E-state index contributed by atoms with van der Waals surface area (Å²) < 4.78 is 10.9. The van der Waals surface area contributed by atoms with Crippen molar-refractivity contribution >= 4 is 5.91 Å². The molecule has 2 aromatic carbocycles. The van der Waals surface area contributed by atoms with E-state index in [1.807, 2.05) is 48.2 Å². The van der Waals surface area contributed by atoms with Gasteiger partial charge in [-0.3, -0.25) is 4.79 Å². The van der Waals surface area contributed by atoms with Crippen LogP contribution in [0, 0.1) is 12.8 Å². The molecule has 1 aliphatic rings. The fourth-order valence-corrected chi connectivity index (χ4v) is 3.73. The number of aryl methyl sites for hydroxylation is 1. The molecule has 2 aromatic rings. The number of likely N-dealkylation sites (tertiary alicyclic amines) is 1. The lowest BCUT2D eigenvalue weighted by molar-refractivity contribution is -0.00299. The maximum Gasteiger partial charge on any atom is 0.253 e. The van der Waals surface area contributed by atoms with Gasteiger partial charge in [0.1, 0.15) is 5.75 Å². The summed E-state index contributed by atoms with van der Waals surface area (Å²) >= 11 is 0. The fourth-order valence-electron chi connectivity index (χ4n) is 3.73. The lowest BCUT2D eigenvalue weighted by Gasteiger charge is -2.38. The first-order valence-electron chi connectivity index (χ1n) is 9.12. The summed E-state index contributed by atoms with van der Waals surface area (Å²) in [6.07, 6.45) is 1.94. The molecule has 0 radical (unpaired) electrons. The zero-order chi connectivity index (χ0) is 18.5. The maximum absolute atomic E-state index is 12.9. The SMILES string of the molecule is COc1ccc(C[C@H]2CN(C(=O)c3cccc(C)c3)CC[C@@H]2OC)cc1. The minimum absolute atomic E-state index is 0.114. The second kappa shape index (κ2) is 8.37. The van der Waals surface area contributed by atoms with Crippen molar-refractivity contribution in [3.05, 3.63) is 65.2 Å². The van der Waals surface area contributed by atoms with Gasteiger partial charge in [-0.2, -0.15) is 0 Å². The van der Waals surface area contributed by atoms with E-state index in [0.717, 1.165) is 42.8 Å². The van der Waals surface area contributed by atoms with E-state index in [2.05, 4.69) is 12.1 Å². The van der Waals surface area contributed by atoms with E-state index in [0.29, 0.717) is 0 Å². The highest BCUT2D eigenvalue weighted by Gasteiger charge is 2.32. The Morgan fingerprint density at radius 3 is 2.58 bits per heavy atom. The van der Waals surface area contributed by atoms with Crippen LogP contribution in [0.1, 0.15) is 27.9 Å². The molecular formula is C22H27NO3. The molecule has 1 heterocycles. The second-order valence-electron chi connectivity index (χ2n) is 7.00. The number of benzene rings is 2. The summed E-state index contributed by atoms with van der Waals surface area (Å²) in [5.74, 6) is 1.26. The van der Waals surface area contributed by atoms with Crippen molar-refractivity contribution < 1.29 is 14.3 Å². The van der Waals surface area contributed by atoms with E-state index < -0.39 is 0 Å². The molecule has 1 amide bonds. The van der Waals surface area contributed by atoms with Crippen LogP contribution in [-0.4, -0.2) is 44.2 Å². The van der Waals surface area contributed by atoms with Gasteiger partial charge in [0.05, 0.1) is 13.2 Å². The van der Waals surface area contributed by atoms with Crippen LogP contribution in [0.3, 0.4) is 0 Å². The molecule has 138 valence electrons. The van der Waals surface area contributed by atoms with Crippen molar-refractivity contribution in [3.8, 4) is 5.75 Å². The molecule has 0 unspecified atom stereocenters. The molecule has 0 N–H and O–H groups in total. The third kappa shape index (κ3) is 4.25. The number of methoxy groups -OCH3 is 2. The van der Waals surface area contributed by atoms with Crippen molar-refractivity contribution in [2.45, 2.75) is 25.9 Å². The number of ether oxygens (including phenoxy) is 2. The average molecular weight is 353 g/mol. The molecule has 3 rings (SSSR count). The van der Waals surface area contributed by atoms with Crippen molar-refractivity contribution in [1.29, 1.82) is 0 Å². The normalized spacial score (nSPS) is 20.0. The minimum Gasteiger partial charge on any atom is -0.497 e. The summed E-state index contributed by atoms with van der Waals surface area (Å²) in [7, 11) is 3.44. The average Bonchev–Trinajstić information content (AvgIpc) is 2.68. The van der Waals surface area contributed by atoms with Crippen LogP contribution in [-0.2, 0) is 11.2 Å². The van der Waals surface area contributed by atoms with E-state index >= 15 is 0 Å². The van der Waals surface area contributed by atoms with Gasteiger partial charge in [-0.25, -0.2) is 0 Å². The van der Waals surface area contributed by atoms with Crippen molar-refractivity contribution in [2.75, 3.05) is 27.3 Å². The van der Waals surface area contributed by atoms with Crippen LogP contribution in [0.2, 0.25) is 0 Å². The maximum atomic E-state index is 12.9. The van der Waals surface area contributed by atoms with Gasteiger partial charge in [-0.1, -0.05) is 29.8 Å². The van der Waals surface area contributed by atoms with Gasteiger partial charge in [-0.15, -0.1) is 0 Å². The third-order valence-corrected chi connectivity index (χ3v) is 5.18. The van der Waals surface area contributed by atoms with E-state index in [9.17, 15) is 4.79 Å². The first-order chi connectivity index (χ1) is 12.6. The number of nitrogens with zero attached hydrogens (tertiary/aromatic N) is 1. The zero-order valence-corrected chi connectivity index (χ0v) is 15.8. The summed E-state index contributed by atoms with van der Waals surface area (Å²) in [6.45, 7) is 3.47. The van der Waals surface area contributed by atoms with Crippen LogP contribution < -0.4 is 4.74 Å². The number of amides is 1. The molecule has 1 fully saturated rings. The standard InChI is InChI=1S/C22H27NO3/c1-16-5-4-6-18(13-16)22(24)23-12-11-21(26-3)19(15-23)14-17-7-9-20(25-2)10-8-17/h4-10,13,19,21H,11-12,14-15H2,1-3H3/t19-,21-/m0/s1. The van der Waals surface area contributed by atoms with Gasteiger partial charge in [0.2, 0.25) is 0 Å². The Bertz CT molecular complexity index is 741. The van der Waals surface area contributed by atoms with E-state index in [-0.39, 0.29) is 17.9 Å². The Kier molecular flexibility index (Phi) is 5.94. The molecule has 0 aliphatic carbocycles. The molecular weight excluding hydrogens is 326 g/mol. The third-order valence-electron chi connectivity index (χ3n) is 5.18. The summed E-state index contributed by atoms with van der Waals surface area (Å²) in [4.78, 5) is 14.9. The fraction of sp³-hybridized carbons (Fsp3) is 0.409. The van der Waals surface area contributed by atoms with E-state index in [1.165, 1.54) is 5.56 Å². The van der Waals surface area contributed by atoms with Crippen molar-refractivity contribution in [3.63, 3.8) is 0 Å². The van der Waals surface area contributed by atoms with Gasteiger partial charge in [-0.05, 0) is 49.6 Å². The number of hydrogen-bond acceptors (Lipinski definition) is 3. The first-order valence-corrected chi connectivity index (χ1v) is 9.12. The molecule has 0 saturated carbocycles. The molecule has 1 saturated heterocycles. The first kappa shape index (κ1) is 18.5. The van der Waals surface area contributed by atoms with Crippen molar-refractivity contribution in [2.24, 2.45) is 5.92 Å². The Morgan fingerprint density at radius 2 is 1.92 bits per heavy atom. The van der Waals surface area contributed by atoms with E-state index in [1.54, 1.807) is 14.2 Å². The Morgan fingerprint density at radius 1 is 1.15 bits per heavy atom. The highest BCUT2D eigenvalue weighted by molar-refractivity contribution is 5.94. The smallest absolute Gasteiger partial charge is 0.253 e. The lowest BCUT2D eigenvalue weighted by Crippen LogP contribution is -2.47. The van der Waals surface area contributed by atoms with E-state index in [4.69, 9.17) is 9.47 Å². The Hall–Kier alpha value is -2.33. The molecule has 4 heteroatoms. The summed E-state index contributed by atoms with van der Waals surface area (Å²) in [5, 5.41) is 0. The molecule has 0 bridgehead atoms. The number of piperidine rings is 1. The molecule has 4 nitrogen and oxygen atoms in total. The van der Waals surface area contributed by atoms with Crippen LogP contribution in [0.4, 0.5) is 0 Å². The topological polar surface area (TPSA) is 38.8 Å². The number of rotatable bonds is 5. The zero-order valence-electron chi connectivity index (χ0n) is 15.8. The predicted octanol–water partition coefficient (Wildman–Crippen LogP) is 3.72. The minimum atomic E-state index is 0.114. The highest BCUT2D eigenvalue weighted by Crippen LogP contribution is 2.26. The van der Waals surface area contributed by atoms with Crippen LogP contribution >= 0.6 is 0 Å². The molecule has 2 atom stereocenters. The van der Waals surface area contributed by atoms with Crippen molar-refractivity contribution in [1.82, 2.24) is 4.90 Å². The summed E-state index contributed by atoms with van der Waals surface area (Å²) in [5.41, 5.74) is 3.11. The molecule has 0 aromatic heterocycles. The predicted molar refractivity (Wildman–Crippen MR) is 103 cm³/mol. The summed E-state index contributed by atoms with van der Waals surface area (Å²) in [6, 6.07) is 16.0. The Labute approximate surface area is 155 Å². The Balaban J connectivity index is 1.72. The quantitative estimate of drug-likeness (QED) is 0.822. The van der Waals surface area contributed by atoms with Gasteiger partial charge in [0, 0.05) is 31.7 Å². The number of hydrogen-bond donors (Lipinski definition) is 0. The van der Waals surface area contributed by atoms with Crippen LogP contribution in [0.15, 0.2) is 48.5 Å². The number of carbonyl (C=O) groups excluding carboxylic acids is 1. The van der Waals surface area contributed by atoms with Crippen LogP contribution in [0.25, 0.3) is 0 Å². The van der Waals surface area contributed by atoms with Crippen LogP contribution in [0.5, 0.6) is 5.75 Å². The van der Waals surface area contributed by atoms with Gasteiger partial charge >= 0.3 is 0 Å². The lowest BCUT2D eigenvalue weighted by atomic mass is 9.88. The largest absolute Gasteiger partial charge is 0.497 e. The molecule has 1 aliphatic heterocycles. The molecule has 0 spiro atoms. The van der Waals surface area contributed by atoms with Gasteiger partial charge < -0.3 is 14.4 Å². The monoisotopic (exact) mass is 353 g/mol.